The first-order chi connectivity index (χ1) is 13.9. The van der Waals surface area contributed by atoms with Gasteiger partial charge in [-0.05, 0) is 36.4 Å². The molecule has 0 unspecified atom stereocenters. The van der Waals surface area contributed by atoms with E-state index in [1.165, 1.54) is 47.1 Å². The van der Waals surface area contributed by atoms with Crippen LogP contribution in [-0.4, -0.2) is 64.4 Å². The minimum atomic E-state index is 0.537. The van der Waals surface area contributed by atoms with Crippen LogP contribution in [0.5, 0.6) is 0 Å². The standard InChI is InChI=1S/C22H29N5O/c1-3-17-6-7-23-21(17)18(4-1)14-27-8-2-5-19(15-27)22-20(13-24-25-22)16-26-9-11-28-12-10-26/h1,3-4,6-7,13,19,23H,2,5,8-12,14-16H2,(H,24,25)/t19-/m0/s1. The summed E-state index contributed by atoms with van der Waals surface area (Å²) < 4.78 is 5.49. The molecule has 1 atom stereocenters. The van der Waals surface area contributed by atoms with E-state index >= 15 is 0 Å². The van der Waals surface area contributed by atoms with Crippen molar-refractivity contribution in [2.24, 2.45) is 0 Å². The monoisotopic (exact) mass is 379 g/mol. The Balaban J connectivity index is 1.28. The summed E-state index contributed by atoms with van der Waals surface area (Å²) in [6, 6.07) is 8.75. The van der Waals surface area contributed by atoms with E-state index in [1.54, 1.807) is 0 Å². The van der Waals surface area contributed by atoms with Crippen molar-refractivity contribution in [1.82, 2.24) is 25.0 Å². The lowest BCUT2D eigenvalue weighted by Gasteiger charge is -2.33. The SMILES string of the molecule is c1cc(CN2CCC[C@H](c3[nH]ncc3CN3CCOCC3)C2)c2[nH]ccc2c1. The first-order valence-electron chi connectivity index (χ1n) is 10.5. The van der Waals surface area contributed by atoms with Gasteiger partial charge in [-0.15, -0.1) is 0 Å². The maximum atomic E-state index is 5.49. The smallest absolute Gasteiger partial charge is 0.0594 e. The Morgan fingerprint density at radius 2 is 1.93 bits per heavy atom. The molecule has 2 aromatic heterocycles. The van der Waals surface area contributed by atoms with Crippen molar-refractivity contribution in [2.75, 3.05) is 39.4 Å². The van der Waals surface area contributed by atoms with Gasteiger partial charge in [-0.1, -0.05) is 18.2 Å². The molecule has 0 radical (unpaired) electrons. The second-order valence-electron chi connectivity index (χ2n) is 8.13. The van der Waals surface area contributed by atoms with Gasteiger partial charge in [-0.3, -0.25) is 14.9 Å². The molecule has 0 saturated carbocycles. The highest BCUT2D eigenvalue weighted by molar-refractivity contribution is 5.82. The van der Waals surface area contributed by atoms with Gasteiger partial charge in [0.2, 0.25) is 0 Å². The Bertz CT molecular complexity index is 910. The predicted octanol–water partition coefficient (Wildman–Crippen LogP) is 3.10. The first kappa shape index (κ1) is 17.9. The molecule has 0 spiro atoms. The fourth-order valence-corrected chi connectivity index (χ4v) is 4.76. The highest BCUT2D eigenvalue weighted by Gasteiger charge is 2.26. The van der Waals surface area contributed by atoms with E-state index in [2.05, 4.69) is 49.2 Å². The third kappa shape index (κ3) is 3.72. The van der Waals surface area contributed by atoms with Crippen molar-refractivity contribution >= 4 is 10.9 Å². The van der Waals surface area contributed by atoms with E-state index in [0.717, 1.165) is 45.9 Å². The number of morpholine rings is 1. The maximum Gasteiger partial charge on any atom is 0.0594 e. The molecule has 0 bridgehead atoms. The summed E-state index contributed by atoms with van der Waals surface area (Å²) in [5.41, 5.74) is 5.37. The zero-order valence-electron chi connectivity index (χ0n) is 16.4. The Labute approximate surface area is 165 Å². The molecule has 2 saturated heterocycles. The maximum absolute atomic E-state index is 5.49. The van der Waals surface area contributed by atoms with Crippen LogP contribution >= 0.6 is 0 Å². The number of benzene rings is 1. The van der Waals surface area contributed by atoms with Crippen LogP contribution in [0.15, 0.2) is 36.7 Å². The number of likely N-dealkylation sites (tertiary alicyclic amines) is 1. The number of nitrogens with one attached hydrogen (secondary N) is 2. The van der Waals surface area contributed by atoms with Gasteiger partial charge in [0.15, 0.2) is 0 Å². The molecule has 2 N–H and O–H groups in total. The molecule has 6 heteroatoms. The number of piperidine rings is 1. The van der Waals surface area contributed by atoms with Gasteiger partial charge >= 0.3 is 0 Å². The van der Waals surface area contributed by atoms with Crippen LogP contribution in [0.25, 0.3) is 10.9 Å². The summed E-state index contributed by atoms with van der Waals surface area (Å²) in [6.07, 6.45) is 6.54. The molecule has 3 aromatic rings. The van der Waals surface area contributed by atoms with Crippen LogP contribution in [0.4, 0.5) is 0 Å². The Morgan fingerprint density at radius 1 is 1.04 bits per heavy atom. The van der Waals surface area contributed by atoms with Crippen LogP contribution in [0, 0.1) is 0 Å². The van der Waals surface area contributed by atoms with Crippen molar-refractivity contribution in [3.8, 4) is 0 Å². The molecule has 1 aromatic carbocycles. The number of aromatic nitrogens is 3. The lowest BCUT2D eigenvalue weighted by atomic mass is 9.92. The van der Waals surface area contributed by atoms with Crippen LogP contribution < -0.4 is 0 Å². The average Bonchev–Trinajstić information content (AvgIpc) is 3.39. The first-order valence-corrected chi connectivity index (χ1v) is 10.5. The lowest BCUT2D eigenvalue weighted by Crippen LogP contribution is -2.37. The van der Waals surface area contributed by atoms with Gasteiger partial charge in [0.05, 0.1) is 19.4 Å². The minimum Gasteiger partial charge on any atom is -0.379 e. The second-order valence-corrected chi connectivity index (χ2v) is 8.13. The van der Waals surface area contributed by atoms with Crippen molar-refractivity contribution in [1.29, 1.82) is 0 Å². The number of fused-ring (bicyclic) bond motifs is 1. The molecule has 0 amide bonds. The van der Waals surface area contributed by atoms with Gasteiger partial charge in [-0.25, -0.2) is 0 Å². The van der Waals surface area contributed by atoms with Crippen molar-refractivity contribution < 1.29 is 4.74 Å². The Morgan fingerprint density at radius 3 is 2.86 bits per heavy atom. The average molecular weight is 380 g/mol. The number of H-pyrrole nitrogens is 2. The van der Waals surface area contributed by atoms with E-state index in [4.69, 9.17) is 4.74 Å². The molecule has 148 valence electrons. The number of aromatic amines is 2. The van der Waals surface area contributed by atoms with E-state index in [-0.39, 0.29) is 0 Å². The zero-order valence-corrected chi connectivity index (χ0v) is 16.4. The van der Waals surface area contributed by atoms with Gasteiger partial charge in [0, 0.05) is 61.6 Å². The summed E-state index contributed by atoms with van der Waals surface area (Å²) in [7, 11) is 0. The second kappa shape index (κ2) is 8.07. The molecule has 0 aliphatic carbocycles. The molecule has 4 heterocycles. The fourth-order valence-electron chi connectivity index (χ4n) is 4.76. The molecule has 2 aliphatic rings. The zero-order chi connectivity index (χ0) is 18.8. The van der Waals surface area contributed by atoms with Crippen molar-refractivity contribution in [3.63, 3.8) is 0 Å². The number of rotatable bonds is 5. The summed E-state index contributed by atoms with van der Waals surface area (Å²) in [4.78, 5) is 8.49. The molecule has 2 aliphatic heterocycles. The van der Waals surface area contributed by atoms with Crippen molar-refractivity contribution in [2.45, 2.75) is 31.8 Å². The number of hydrogen-bond donors (Lipinski definition) is 2. The summed E-state index contributed by atoms with van der Waals surface area (Å²) >= 11 is 0. The van der Waals surface area contributed by atoms with E-state index < -0.39 is 0 Å². The molecular weight excluding hydrogens is 350 g/mol. The quantitative estimate of drug-likeness (QED) is 0.715. The third-order valence-corrected chi connectivity index (χ3v) is 6.23. The predicted molar refractivity (Wildman–Crippen MR) is 110 cm³/mol. The molecule has 6 nitrogen and oxygen atoms in total. The minimum absolute atomic E-state index is 0.537. The topological polar surface area (TPSA) is 60.2 Å². The summed E-state index contributed by atoms with van der Waals surface area (Å²) in [6.45, 7) is 7.96. The van der Waals surface area contributed by atoms with Crippen LogP contribution in [0.2, 0.25) is 0 Å². The van der Waals surface area contributed by atoms with Crippen molar-refractivity contribution in [3.05, 3.63) is 53.5 Å². The van der Waals surface area contributed by atoms with E-state index in [0.29, 0.717) is 5.92 Å². The largest absolute Gasteiger partial charge is 0.379 e. The van der Waals surface area contributed by atoms with Gasteiger partial charge in [0.25, 0.3) is 0 Å². The number of ether oxygens (including phenoxy) is 1. The highest BCUT2D eigenvalue weighted by atomic mass is 16.5. The van der Waals surface area contributed by atoms with E-state index in [1.807, 2.05) is 12.4 Å². The van der Waals surface area contributed by atoms with Gasteiger partial charge in [0.1, 0.15) is 0 Å². The third-order valence-electron chi connectivity index (χ3n) is 6.23. The van der Waals surface area contributed by atoms with E-state index in [9.17, 15) is 0 Å². The van der Waals surface area contributed by atoms with Crippen LogP contribution in [0.1, 0.15) is 35.6 Å². The Kier molecular flexibility index (Phi) is 5.16. The number of nitrogens with zero attached hydrogens (tertiary/aromatic N) is 3. The molecule has 28 heavy (non-hydrogen) atoms. The molecule has 2 fully saturated rings. The van der Waals surface area contributed by atoms with Crippen LogP contribution in [0.3, 0.4) is 0 Å². The van der Waals surface area contributed by atoms with Gasteiger partial charge in [-0.2, -0.15) is 5.10 Å². The highest BCUT2D eigenvalue weighted by Crippen LogP contribution is 2.30. The van der Waals surface area contributed by atoms with Crippen LogP contribution in [-0.2, 0) is 17.8 Å². The number of hydrogen-bond acceptors (Lipinski definition) is 4. The molecule has 5 rings (SSSR count). The summed E-state index contributed by atoms with van der Waals surface area (Å²) in [5, 5.41) is 9.03. The fraction of sp³-hybridized carbons (Fsp3) is 0.500. The number of para-hydroxylation sites is 1. The normalized spacial score (nSPS) is 22.1. The lowest BCUT2D eigenvalue weighted by molar-refractivity contribution is 0.0339. The Hall–Kier alpha value is -2.15. The summed E-state index contributed by atoms with van der Waals surface area (Å²) in [5.74, 6) is 0.537. The van der Waals surface area contributed by atoms with Gasteiger partial charge < -0.3 is 9.72 Å². The molecular formula is C22H29N5O.